The zero-order valence-electron chi connectivity index (χ0n) is 9.05. The summed E-state index contributed by atoms with van der Waals surface area (Å²) in [7, 11) is -3.41. The Hall–Kier alpha value is -1.11. The fourth-order valence-corrected chi connectivity index (χ4v) is 2.62. The van der Waals surface area contributed by atoms with Crippen LogP contribution in [0.3, 0.4) is 0 Å². The van der Waals surface area contributed by atoms with Crippen molar-refractivity contribution in [2.24, 2.45) is 0 Å². The second-order valence-corrected chi connectivity index (χ2v) is 5.46. The number of nitrogens with one attached hydrogen (secondary N) is 1. The number of nitrogen functional groups attached to an aromatic ring is 1. The first-order valence-corrected chi connectivity index (χ1v) is 6.53. The predicted octanol–water partition coefficient (Wildman–Crippen LogP) is 0.0690. The van der Waals surface area contributed by atoms with Crippen LogP contribution in [0.15, 0.2) is 24.3 Å². The van der Waals surface area contributed by atoms with Gasteiger partial charge < -0.3 is 10.8 Å². The molecule has 0 bridgehead atoms. The van der Waals surface area contributed by atoms with Crippen LogP contribution in [0.2, 0.25) is 0 Å². The largest absolute Gasteiger partial charge is 0.399 e. The van der Waals surface area contributed by atoms with Crippen molar-refractivity contribution < 1.29 is 13.5 Å². The zero-order valence-corrected chi connectivity index (χ0v) is 9.87. The predicted molar refractivity (Wildman–Crippen MR) is 63.2 cm³/mol. The van der Waals surface area contributed by atoms with Crippen molar-refractivity contribution in [3.63, 3.8) is 0 Å². The van der Waals surface area contributed by atoms with Gasteiger partial charge in [-0.15, -0.1) is 0 Å². The number of aliphatic hydroxyl groups is 1. The van der Waals surface area contributed by atoms with E-state index in [1.165, 1.54) is 0 Å². The van der Waals surface area contributed by atoms with Crippen molar-refractivity contribution in [2.75, 3.05) is 12.3 Å². The van der Waals surface area contributed by atoms with E-state index in [1.807, 2.05) is 0 Å². The summed E-state index contributed by atoms with van der Waals surface area (Å²) in [6.45, 7) is 1.38. The lowest BCUT2D eigenvalue weighted by atomic mass is 10.2. The summed E-state index contributed by atoms with van der Waals surface area (Å²) in [4.78, 5) is 0. The van der Waals surface area contributed by atoms with Gasteiger partial charge in [-0.25, -0.2) is 13.1 Å². The molecule has 1 rings (SSSR count). The second kappa shape index (κ2) is 5.29. The van der Waals surface area contributed by atoms with E-state index in [1.54, 1.807) is 31.2 Å². The molecule has 6 heteroatoms. The molecule has 0 aliphatic rings. The normalized spacial score (nSPS) is 13.6. The molecule has 0 spiro atoms. The van der Waals surface area contributed by atoms with Crippen LogP contribution in [0.4, 0.5) is 5.69 Å². The third-order valence-corrected chi connectivity index (χ3v) is 3.47. The van der Waals surface area contributed by atoms with Crippen molar-refractivity contribution in [1.82, 2.24) is 4.72 Å². The molecule has 1 aromatic rings. The van der Waals surface area contributed by atoms with Crippen LogP contribution >= 0.6 is 0 Å². The van der Waals surface area contributed by atoms with Gasteiger partial charge in [0.15, 0.2) is 0 Å². The molecule has 0 aliphatic heterocycles. The molecule has 1 unspecified atom stereocenters. The number of sulfonamides is 1. The molecule has 16 heavy (non-hydrogen) atoms. The minimum absolute atomic E-state index is 0.113. The van der Waals surface area contributed by atoms with Gasteiger partial charge in [-0.05, 0) is 24.6 Å². The third kappa shape index (κ3) is 4.18. The highest BCUT2D eigenvalue weighted by atomic mass is 32.2. The van der Waals surface area contributed by atoms with Crippen LogP contribution < -0.4 is 10.5 Å². The van der Waals surface area contributed by atoms with Gasteiger partial charge in [0.2, 0.25) is 10.0 Å². The molecule has 0 fully saturated rings. The van der Waals surface area contributed by atoms with Crippen LogP contribution in [-0.4, -0.2) is 26.2 Å². The molecule has 0 aromatic heterocycles. The highest BCUT2D eigenvalue weighted by Crippen LogP contribution is 2.08. The number of hydrogen-bond donors (Lipinski definition) is 3. The first kappa shape index (κ1) is 13.0. The lowest BCUT2D eigenvalue weighted by molar-refractivity contribution is 0.265. The highest BCUT2D eigenvalue weighted by molar-refractivity contribution is 7.88. The maximum atomic E-state index is 11.6. The Morgan fingerprint density at radius 1 is 1.38 bits per heavy atom. The van der Waals surface area contributed by atoms with Crippen LogP contribution in [0.1, 0.15) is 12.5 Å². The number of anilines is 1. The maximum Gasteiger partial charge on any atom is 0.216 e. The fraction of sp³-hybridized carbons (Fsp3) is 0.400. The topological polar surface area (TPSA) is 92.4 Å². The van der Waals surface area contributed by atoms with Crippen molar-refractivity contribution in [1.29, 1.82) is 0 Å². The van der Waals surface area contributed by atoms with Crippen molar-refractivity contribution in [3.8, 4) is 0 Å². The Labute approximate surface area is 95.3 Å². The number of benzene rings is 1. The summed E-state index contributed by atoms with van der Waals surface area (Å²) in [5.41, 5.74) is 6.75. The summed E-state index contributed by atoms with van der Waals surface area (Å²) < 4.78 is 25.6. The molecule has 5 nitrogen and oxygen atoms in total. The molecule has 1 aromatic carbocycles. The Morgan fingerprint density at radius 2 is 1.94 bits per heavy atom. The van der Waals surface area contributed by atoms with Gasteiger partial charge in [-0.3, -0.25) is 0 Å². The fourth-order valence-electron chi connectivity index (χ4n) is 1.22. The number of rotatable bonds is 5. The molecular formula is C10H16N2O3S. The van der Waals surface area contributed by atoms with E-state index in [9.17, 15) is 8.42 Å². The van der Waals surface area contributed by atoms with Crippen molar-refractivity contribution in [3.05, 3.63) is 29.8 Å². The molecule has 0 radical (unpaired) electrons. The number of nitrogens with two attached hydrogens (primary N) is 1. The number of aliphatic hydroxyl groups excluding tert-OH is 1. The first-order valence-electron chi connectivity index (χ1n) is 4.88. The molecule has 1 atom stereocenters. The van der Waals surface area contributed by atoms with Gasteiger partial charge in [-0.1, -0.05) is 12.1 Å². The standard InChI is InChI=1S/C10H16N2O3S/c1-8(6-13)12-16(14,15)7-9-2-4-10(11)5-3-9/h2-5,8,12-13H,6-7,11H2,1H3. The van der Waals surface area contributed by atoms with E-state index in [0.29, 0.717) is 11.3 Å². The third-order valence-electron chi connectivity index (χ3n) is 1.99. The minimum atomic E-state index is -3.41. The Morgan fingerprint density at radius 3 is 2.44 bits per heavy atom. The summed E-state index contributed by atoms with van der Waals surface area (Å²) in [5, 5.41) is 8.76. The Kier molecular flexibility index (Phi) is 4.28. The molecule has 4 N–H and O–H groups in total. The van der Waals surface area contributed by atoms with E-state index in [2.05, 4.69) is 4.72 Å². The van der Waals surface area contributed by atoms with E-state index in [-0.39, 0.29) is 12.4 Å². The van der Waals surface area contributed by atoms with Gasteiger partial charge in [0.1, 0.15) is 0 Å². The quantitative estimate of drug-likeness (QED) is 0.639. The van der Waals surface area contributed by atoms with E-state index in [0.717, 1.165) is 0 Å². The van der Waals surface area contributed by atoms with Gasteiger partial charge in [0, 0.05) is 11.7 Å². The molecule has 0 heterocycles. The molecule has 0 amide bonds. The second-order valence-electron chi connectivity index (χ2n) is 3.70. The smallest absolute Gasteiger partial charge is 0.216 e. The minimum Gasteiger partial charge on any atom is -0.399 e. The molecule has 0 saturated heterocycles. The molecular weight excluding hydrogens is 228 g/mol. The summed E-state index contributed by atoms with van der Waals surface area (Å²) in [5.74, 6) is -0.113. The van der Waals surface area contributed by atoms with Crippen LogP contribution in [0.5, 0.6) is 0 Å². The summed E-state index contributed by atoms with van der Waals surface area (Å²) in [6.07, 6.45) is 0. The maximum absolute atomic E-state index is 11.6. The summed E-state index contributed by atoms with van der Waals surface area (Å²) >= 11 is 0. The average molecular weight is 244 g/mol. The first-order chi connectivity index (χ1) is 7.43. The van der Waals surface area contributed by atoms with Gasteiger partial charge in [0.25, 0.3) is 0 Å². The average Bonchev–Trinajstić information content (AvgIpc) is 2.20. The Bertz CT molecular complexity index is 428. The van der Waals surface area contributed by atoms with Gasteiger partial charge in [0.05, 0.1) is 12.4 Å². The van der Waals surface area contributed by atoms with E-state index < -0.39 is 16.1 Å². The lowest BCUT2D eigenvalue weighted by Crippen LogP contribution is -2.35. The molecule has 0 aliphatic carbocycles. The SMILES string of the molecule is CC(CO)NS(=O)(=O)Cc1ccc(N)cc1. The lowest BCUT2D eigenvalue weighted by Gasteiger charge is -2.11. The van der Waals surface area contributed by atoms with E-state index in [4.69, 9.17) is 10.8 Å². The van der Waals surface area contributed by atoms with Crippen molar-refractivity contribution >= 4 is 15.7 Å². The monoisotopic (exact) mass is 244 g/mol. The molecule has 90 valence electrons. The number of hydrogen-bond acceptors (Lipinski definition) is 4. The van der Waals surface area contributed by atoms with E-state index >= 15 is 0 Å². The Balaban J connectivity index is 2.69. The van der Waals surface area contributed by atoms with Crippen LogP contribution in [-0.2, 0) is 15.8 Å². The van der Waals surface area contributed by atoms with Gasteiger partial charge >= 0.3 is 0 Å². The zero-order chi connectivity index (χ0) is 12.2. The summed E-state index contributed by atoms with van der Waals surface area (Å²) in [6, 6.07) is 6.16. The highest BCUT2D eigenvalue weighted by Gasteiger charge is 2.14. The molecule has 0 saturated carbocycles. The van der Waals surface area contributed by atoms with Crippen LogP contribution in [0.25, 0.3) is 0 Å². The van der Waals surface area contributed by atoms with Gasteiger partial charge in [-0.2, -0.15) is 0 Å². The van der Waals surface area contributed by atoms with Crippen molar-refractivity contribution in [2.45, 2.75) is 18.7 Å². The van der Waals surface area contributed by atoms with Crippen LogP contribution in [0, 0.1) is 0 Å².